The van der Waals surface area contributed by atoms with E-state index in [-0.39, 0.29) is 30.3 Å². The lowest BCUT2D eigenvalue weighted by atomic mass is 9.96. The van der Waals surface area contributed by atoms with E-state index >= 15 is 0 Å². The molecule has 5 heteroatoms. The number of nitrogens with one attached hydrogen (secondary N) is 1. The Hall–Kier alpha value is -2.27. The summed E-state index contributed by atoms with van der Waals surface area (Å²) in [6.45, 7) is 4.21. The van der Waals surface area contributed by atoms with Crippen molar-refractivity contribution in [3.8, 4) is 0 Å². The molecule has 0 bridgehead atoms. The van der Waals surface area contributed by atoms with Crippen LogP contribution in [0.15, 0.2) is 59.5 Å². The Morgan fingerprint density at radius 2 is 1.80 bits per heavy atom. The largest absolute Gasteiger partial charge is 0.347 e. The Balaban J connectivity index is 1.75. The molecule has 1 aliphatic heterocycles. The topological polar surface area (TPSA) is 49.4 Å². The van der Waals surface area contributed by atoms with Gasteiger partial charge in [-0.25, -0.2) is 0 Å². The molecule has 0 radical (unpaired) electrons. The first kappa shape index (κ1) is 17.5. The molecule has 1 heterocycles. The van der Waals surface area contributed by atoms with Gasteiger partial charge in [0.1, 0.15) is 6.54 Å². The van der Waals surface area contributed by atoms with Crippen molar-refractivity contribution in [1.82, 2.24) is 5.32 Å². The number of nitrogens with zero attached hydrogens (tertiary/aromatic N) is 1. The number of hydrogen-bond acceptors (Lipinski definition) is 3. The number of fused-ring (bicyclic) bond motifs is 1. The number of para-hydroxylation sites is 1. The van der Waals surface area contributed by atoms with Crippen LogP contribution >= 0.6 is 11.8 Å². The highest BCUT2D eigenvalue weighted by molar-refractivity contribution is 8.00. The summed E-state index contributed by atoms with van der Waals surface area (Å²) in [5, 5.41) is 3.09. The lowest BCUT2D eigenvalue weighted by Crippen LogP contribution is -2.44. The first-order valence-corrected chi connectivity index (χ1v) is 9.41. The predicted molar refractivity (Wildman–Crippen MR) is 102 cm³/mol. The zero-order chi connectivity index (χ0) is 17.8. The second-order valence-electron chi connectivity index (χ2n) is 6.44. The molecular weight excluding hydrogens is 332 g/mol. The molecule has 1 atom stereocenters. The van der Waals surface area contributed by atoms with E-state index < -0.39 is 0 Å². The van der Waals surface area contributed by atoms with Gasteiger partial charge in [0.15, 0.2) is 0 Å². The van der Waals surface area contributed by atoms with Gasteiger partial charge in [-0.3, -0.25) is 9.59 Å². The third-order valence-corrected chi connectivity index (χ3v) is 5.30. The monoisotopic (exact) mass is 354 g/mol. The number of carbonyl (C=O) groups is 2. The maximum Gasteiger partial charge on any atom is 0.240 e. The minimum atomic E-state index is -0.141. The van der Waals surface area contributed by atoms with Crippen molar-refractivity contribution in [3.63, 3.8) is 0 Å². The van der Waals surface area contributed by atoms with E-state index in [9.17, 15) is 9.59 Å². The fourth-order valence-electron chi connectivity index (χ4n) is 2.99. The number of thioether (sulfide) groups is 1. The molecule has 2 aromatic rings. The molecule has 2 aromatic carbocycles. The van der Waals surface area contributed by atoms with E-state index in [1.165, 1.54) is 11.8 Å². The van der Waals surface area contributed by atoms with Crippen molar-refractivity contribution in [2.45, 2.75) is 24.8 Å². The SMILES string of the molecule is CC(C)[C@H](NC(=O)CN1C(=O)CSc2ccccc21)c1ccccc1. The third kappa shape index (κ3) is 4.04. The molecule has 0 fully saturated rings. The van der Waals surface area contributed by atoms with Crippen LogP contribution in [-0.4, -0.2) is 24.1 Å². The van der Waals surface area contributed by atoms with Gasteiger partial charge in [0.2, 0.25) is 11.8 Å². The van der Waals surface area contributed by atoms with E-state index in [2.05, 4.69) is 19.2 Å². The maximum atomic E-state index is 12.6. The number of amides is 2. The quantitative estimate of drug-likeness (QED) is 0.892. The number of benzene rings is 2. The van der Waals surface area contributed by atoms with Gasteiger partial charge in [-0.15, -0.1) is 11.8 Å². The average molecular weight is 354 g/mol. The van der Waals surface area contributed by atoms with Crippen molar-refractivity contribution < 1.29 is 9.59 Å². The Morgan fingerprint density at radius 3 is 2.52 bits per heavy atom. The highest BCUT2D eigenvalue weighted by atomic mass is 32.2. The molecule has 2 amide bonds. The summed E-state index contributed by atoms with van der Waals surface area (Å²) in [6.07, 6.45) is 0. The van der Waals surface area contributed by atoms with Crippen LogP contribution in [0.25, 0.3) is 0 Å². The van der Waals surface area contributed by atoms with Gasteiger partial charge in [-0.05, 0) is 23.6 Å². The van der Waals surface area contributed by atoms with Crippen LogP contribution in [0, 0.1) is 5.92 Å². The Labute approximate surface area is 152 Å². The second kappa shape index (κ2) is 7.74. The first-order valence-electron chi connectivity index (χ1n) is 8.43. The summed E-state index contributed by atoms with van der Waals surface area (Å²) in [5.74, 6) is 0.458. The minimum Gasteiger partial charge on any atom is -0.347 e. The smallest absolute Gasteiger partial charge is 0.240 e. The first-order chi connectivity index (χ1) is 12.1. The summed E-state index contributed by atoms with van der Waals surface area (Å²) in [4.78, 5) is 27.6. The van der Waals surface area contributed by atoms with E-state index in [0.29, 0.717) is 5.75 Å². The van der Waals surface area contributed by atoms with E-state index in [1.54, 1.807) is 4.90 Å². The summed E-state index contributed by atoms with van der Waals surface area (Å²) in [7, 11) is 0. The number of anilines is 1. The summed E-state index contributed by atoms with van der Waals surface area (Å²) in [6, 6.07) is 17.6. The fourth-order valence-corrected chi connectivity index (χ4v) is 3.92. The Morgan fingerprint density at radius 1 is 1.12 bits per heavy atom. The standard InChI is InChI=1S/C20H22N2O2S/c1-14(2)20(15-8-4-3-5-9-15)21-18(23)12-22-16-10-6-7-11-17(16)25-13-19(22)24/h3-11,14,20H,12-13H2,1-2H3,(H,21,23)/t20-/m0/s1. The van der Waals surface area contributed by atoms with E-state index in [4.69, 9.17) is 0 Å². The number of hydrogen-bond donors (Lipinski definition) is 1. The number of carbonyl (C=O) groups excluding carboxylic acids is 2. The van der Waals surface area contributed by atoms with Crippen LogP contribution in [0.1, 0.15) is 25.5 Å². The maximum absolute atomic E-state index is 12.6. The van der Waals surface area contributed by atoms with Crippen molar-refractivity contribution in [3.05, 3.63) is 60.2 Å². The predicted octanol–water partition coefficient (Wildman–Crippen LogP) is 3.64. The highest BCUT2D eigenvalue weighted by Gasteiger charge is 2.27. The molecule has 130 valence electrons. The van der Waals surface area contributed by atoms with Crippen LogP contribution in [0.4, 0.5) is 5.69 Å². The molecule has 25 heavy (non-hydrogen) atoms. The average Bonchev–Trinajstić information content (AvgIpc) is 2.62. The normalized spacial score (nSPS) is 15.0. The lowest BCUT2D eigenvalue weighted by molar-refractivity contribution is -0.123. The van der Waals surface area contributed by atoms with Gasteiger partial charge in [0, 0.05) is 4.90 Å². The molecule has 1 aliphatic rings. The second-order valence-corrected chi connectivity index (χ2v) is 7.45. The van der Waals surface area contributed by atoms with Gasteiger partial charge >= 0.3 is 0 Å². The van der Waals surface area contributed by atoms with E-state index in [0.717, 1.165) is 16.1 Å². The summed E-state index contributed by atoms with van der Waals surface area (Å²) < 4.78 is 0. The fraction of sp³-hybridized carbons (Fsp3) is 0.300. The molecule has 4 nitrogen and oxygen atoms in total. The molecule has 3 rings (SSSR count). The molecule has 0 saturated heterocycles. The Bertz CT molecular complexity index is 761. The molecule has 0 unspecified atom stereocenters. The van der Waals surface area contributed by atoms with Gasteiger partial charge in [-0.1, -0.05) is 56.3 Å². The summed E-state index contributed by atoms with van der Waals surface area (Å²) in [5.41, 5.74) is 1.89. The lowest BCUT2D eigenvalue weighted by Gasteiger charge is -2.30. The zero-order valence-electron chi connectivity index (χ0n) is 14.4. The van der Waals surface area contributed by atoms with Crippen LogP contribution in [-0.2, 0) is 9.59 Å². The van der Waals surface area contributed by atoms with Crippen molar-refractivity contribution in [2.24, 2.45) is 5.92 Å². The van der Waals surface area contributed by atoms with Gasteiger partial charge in [0.05, 0.1) is 17.5 Å². The number of rotatable bonds is 5. The Kier molecular flexibility index (Phi) is 5.43. The molecular formula is C20H22N2O2S. The van der Waals surface area contributed by atoms with Crippen LogP contribution < -0.4 is 10.2 Å². The van der Waals surface area contributed by atoms with Gasteiger partial charge in [0.25, 0.3) is 0 Å². The minimum absolute atomic E-state index is 0.0281. The molecule has 0 aliphatic carbocycles. The van der Waals surface area contributed by atoms with Crippen molar-refractivity contribution >= 4 is 29.3 Å². The van der Waals surface area contributed by atoms with Crippen molar-refractivity contribution in [1.29, 1.82) is 0 Å². The zero-order valence-corrected chi connectivity index (χ0v) is 15.3. The highest BCUT2D eigenvalue weighted by Crippen LogP contribution is 2.34. The molecule has 0 aromatic heterocycles. The molecule has 0 saturated carbocycles. The van der Waals surface area contributed by atoms with Crippen LogP contribution in [0.3, 0.4) is 0 Å². The van der Waals surface area contributed by atoms with Crippen molar-refractivity contribution in [2.75, 3.05) is 17.2 Å². The van der Waals surface area contributed by atoms with E-state index in [1.807, 2.05) is 54.6 Å². The molecule has 0 spiro atoms. The van der Waals surface area contributed by atoms with Gasteiger partial charge in [-0.2, -0.15) is 0 Å². The van der Waals surface area contributed by atoms with Gasteiger partial charge < -0.3 is 10.2 Å². The third-order valence-electron chi connectivity index (χ3n) is 4.25. The summed E-state index contributed by atoms with van der Waals surface area (Å²) >= 11 is 1.52. The molecule has 1 N–H and O–H groups in total. The van der Waals surface area contributed by atoms with Crippen LogP contribution in [0.5, 0.6) is 0 Å². The van der Waals surface area contributed by atoms with Crippen LogP contribution in [0.2, 0.25) is 0 Å².